The zero-order valence-corrected chi connectivity index (χ0v) is 19.5. The normalized spacial score (nSPS) is 14.4. The lowest BCUT2D eigenvalue weighted by molar-refractivity contribution is -0.132. The minimum Gasteiger partial charge on any atom is -0.451 e. The van der Waals surface area contributed by atoms with Crippen molar-refractivity contribution in [2.45, 2.75) is 26.3 Å². The van der Waals surface area contributed by atoms with Crippen LogP contribution in [0.3, 0.4) is 0 Å². The first-order valence-electron chi connectivity index (χ1n) is 11.6. The van der Waals surface area contributed by atoms with E-state index in [9.17, 15) is 14.4 Å². The molecule has 2 heterocycles. The van der Waals surface area contributed by atoms with Crippen LogP contribution in [-0.2, 0) is 16.0 Å². The third kappa shape index (κ3) is 6.02. The number of piperazine rings is 1. The summed E-state index contributed by atoms with van der Waals surface area (Å²) < 4.78 is 5.60. The summed E-state index contributed by atoms with van der Waals surface area (Å²) >= 11 is 0. The van der Waals surface area contributed by atoms with E-state index in [2.05, 4.69) is 15.5 Å². The average molecular weight is 463 g/mol. The summed E-state index contributed by atoms with van der Waals surface area (Å²) in [5.41, 5.74) is 2.18. The molecule has 1 aromatic heterocycles. The van der Waals surface area contributed by atoms with Crippen molar-refractivity contribution < 1.29 is 18.8 Å². The minimum atomic E-state index is -0.319. The second kappa shape index (κ2) is 10.5. The number of anilines is 1. The Kier molecular flexibility index (Phi) is 7.27. The molecular weight excluding hydrogens is 432 g/mol. The van der Waals surface area contributed by atoms with Crippen LogP contribution in [0.2, 0.25) is 0 Å². The van der Waals surface area contributed by atoms with E-state index in [0.29, 0.717) is 50.4 Å². The summed E-state index contributed by atoms with van der Waals surface area (Å²) in [5, 5.41) is 6.60. The molecule has 1 aliphatic heterocycles. The van der Waals surface area contributed by atoms with Crippen LogP contribution in [0.25, 0.3) is 11.0 Å². The standard InChI is InChI=1S/C26H30N4O4/c1-18(2)27-24(31)17-29-11-13-30(14-12-29)25(32)15-19-7-9-21(10-8-19)28-26(33)23-16-20-5-3-4-6-22(20)34-23/h3-10,16,18H,11-15,17H2,1-2H3,(H,27,31)(H,28,33). The molecule has 178 valence electrons. The van der Waals surface area contributed by atoms with Crippen molar-refractivity contribution in [3.05, 3.63) is 65.9 Å². The molecule has 0 atom stereocenters. The van der Waals surface area contributed by atoms with Crippen LogP contribution >= 0.6 is 0 Å². The molecule has 0 spiro atoms. The molecular formula is C26H30N4O4. The zero-order valence-electron chi connectivity index (χ0n) is 19.5. The lowest BCUT2D eigenvalue weighted by Gasteiger charge is -2.34. The van der Waals surface area contributed by atoms with E-state index < -0.39 is 0 Å². The smallest absolute Gasteiger partial charge is 0.291 e. The predicted molar refractivity (Wildman–Crippen MR) is 131 cm³/mol. The molecule has 0 aliphatic carbocycles. The molecule has 0 radical (unpaired) electrons. The van der Waals surface area contributed by atoms with Crippen LogP contribution in [0.15, 0.2) is 59.0 Å². The Morgan fingerprint density at radius 2 is 1.68 bits per heavy atom. The molecule has 34 heavy (non-hydrogen) atoms. The van der Waals surface area contributed by atoms with Gasteiger partial charge in [-0.15, -0.1) is 0 Å². The van der Waals surface area contributed by atoms with Crippen LogP contribution in [0.4, 0.5) is 5.69 Å². The summed E-state index contributed by atoms with van der Waals surface area (Å²) in [7, 11) is 0. The molecule has 0 saturated carbocycles. The maximum absolute atomic E-state index is 12.7. The fourth-order valence-electron chi connectivity index (χ4n) is 4.00. The monoisotopic (exact) mass is 462 g/mol. The van der Waals surface area contributed by atoms with Gasteiger partial charge in [0.25, 0.3) is 5.91 Å². The first kappa shape index (κ1) is 23.5. The average Bonchev–Trinajstić information content (AvgIpc) is 3.25. The maximum atomic E-state index is 12.7. The first-order valence-corrected chi connectivity index (χ1v) is 11.6. The van der Waals surface area contributed by atoms with Gasteiger partial charge < -0.3 is 20.0 Å². The summed E-state index contributed by atoms with van der Waals surface area (Å²) in [6.07, 6.45) is 0.297. The minimum absolute atomic E-state index is 0.0160. The molecule has 2 aromatic carbocycles. The van der Waals surface area contributed by atoms with Crippen LogP contribution in [-0.4, -0.2) is 66.3 Å². The summed E-state index contributed by atoms with van der Waals surface area (Å²) in [6, 6.07) is 16.6. The Bertz CT molecular complexity index is 1130. The van der Waals surface area contributed by atoms with Gasteiger partial charge in [0.15, 0.2) is 5.76 Å². The number of nitrogens with zero attached hydrogens (tertiary/aromatic N) is 2. The van der Waals surface area contributed by atoms with Gasteiger partial charge >= 0.3 is 0 Å². The van der Waals surface area contributed by atoms with Gasteiger partial charge in [-0.25, -0.2) is 0 Å². The number of furan rings is 1. The quantitative estimate of drug-likeness (QED) is 0.563. The van der Waals surface area contributed by atoms with Gasteiger partial charge in [0.2, 0.25) is 11.8 Å². The summed E-state index contributed by atoms with van der Waals surface area (Å²) in [4.78, 5) is 41.1. The number of fused-ring (bicyclic) bond motifs is 1. The van der Waals surface area contributed by atoms with Gasteiger partial charge in [0, 0.05) is 43.3 Å². The second-order valence-corrected chi connectivity index (χ2v) is 8.86. The number of nitrogens with one attached hydrogen (secondary N) is 2. The highest BCUT2D eigenvalue weighted by Crippen LogP contribution is 2.20. The predicted octanol–water partition coefficient (Wildman–Crippen LogP) is 2.90. The van der Waals surface area contributed by atoms with Crippen LogP contribution < -0.4 is 10.6 Å². The maximum Gasteiger partial charge on any atom is 0.291 e. The Hall–Kier alpha value is -3.65. The first-order chi connectivity index (χ1) is 16.4. The lowest BCUT2D eigenvalue weighted by Crippen LogP contribution is -2.51. The van der Waals surface area contributed by atoms with Gasteiger partial charge in [-0.2, -0.15) is 0 Å². The van der Waals surface area contributed by atoms with E-state index in [0.717, 1.165) is 10.9 Å². The summed E-state index contributed by atoms with van der Waals surface area (Å²) in [6.45, 7) is 6.83. The van der Waals surface area contributed by atoms with E-state index in [1.807, 2.05) is 55.1 Å². The zero-order chi connectivity index (χ0) is 24.1. The van der Waals surface area contributed by atoms with Gasteiger partial charge in [-0.3, -0.25) is 19.3 Å². The largest absolute Gasteiger partial charge is 0.451 e. The summed E-state index contributed by atoms with van der Waals surface area (Å²) in [5.74, 6) is 0.00822. The molecule has 1 fully saturated rings. The Morgan fingerprint density at radius 1 is 0.971 bits per heavy atom. The molecule has 0 bridgehead atoms. The molecule has 2 N–H and O–H groups in total. The number of para-hydroxylation sites is 1. The van der Waals surface area contributed by atoms with E-state index in [1.165, 1.54) is 0 Å². The molecule has 8 nitrogen and oxygen atoms in total. The SMILES string of the molecule is CC(C)NC(=O)CN1CCN(C(=O)Cc2ccc(NC(=O)c3cc4ccccc4o3)cc2)CC1. The number of carbonyl (C=O) groups excluding carboxylic acids is 3. The lowest BCUT2D eigenvalue weighted by atomic mass is 10.1. The third-order valence-corrected chi connectivity index (χ3v) is 5.76. The van der Waals surface area contributed by atoms with Crippen molar-refractivity contribution in [3.8, 4) is 0 Å². The van der Waals surface area contributed by atoms with Gasteiger partial charge in [-0.1, -0.05) is 30.3 Å². The number of hydrogen-bond acceptors (Lipinski definition) is 5. The fraction of sp³-hybridized carbons (Fsp3) is 0.346. The van der Waals surface area contributed by atoms with Crippen LogP contribution in [0.1, 0.15) is 30.0 Å². The molecule has 1 saturated heterocycles. The molecule has 4 rings (SSSR count). The Labute approximate surface area is 198 Å². The second-order valence-electron chi connectivity index (χ2n) is 8.86. The molecule has 3 aromatic rings. The molecule has 8 heteroatoms. The van der Waals surface area contributed by atoms with Crippen LogP contribution in [0, 0.1) is 0 Å². The van der Waals surface area contributed by atoms with Crippen molar-refractivity contribution in [1.29, 1.82) is 0 Å². The number of benzene rings is 2. The molecule has 0 unspecified atom stereocenters. The van der Waals surface area contributed by atoms with Gasteiger partial charge in [-0.05, 0) is 43.7 Å². The number of amides is 3. The highest BCUT2D eigenvalue weighted by molar-refractivity contribution is 6.04. The van der Waals surface area contributed by atoms with Crippen molar-refractivity contribution >= 4 is 34.4 Å². The highest BCUT2D eigenvalue weighted by atomic mass is 16.3. The molecule has 3 amide bonds. The third-order valence-electron chi connectivity index (χ3n) is 5.76. The molecule has 1 aliphatic rings. The number of rotatable bonds is 7. The van der Waals surface area contributed by atoms with Crippen molar-refractivity contribution in [1.82, 2.24) is 15.1 Å². The number of hydrogen-bond donors (Lipinski definition) is 2. The van der Waals surface area contributed by atoms with Crippen molar-refractivity contribution in [3.63, 3.8) is 0 Å². The topological polar surface area (TPSA) is 94.9 Å². The van der Waals surface area contributed by atoms with Gasteiger partial charge in [0.05, 0.1) is 13.0 Å². The van der Waals surface area contributed by atoms with E-state index in [-0.39, 0.29) is 29.5 Å². The van der Waals surface area contributed by atoms with Crippen molar-refractivity contribution in [2.24, 2.45) is 0 Å². The van der Waals surface area contributed by atoms with Gasteiger partial charge in [0.1, 0.15) is 5.58 Å². The highest BCUT2D eigenvalue weighted by Gasteiger charge is 2.22. The van der Waals surface area contributed by atoms with E-state index >= 15 is 0 Å². The number of carbonyl (C=O) groups is 3. The van der Waals surface area contributed by atoms with E-state index in [4.69, 9.17) is 4.42 Å². The van der Waals surface area contributed by atoms with Crippen molar-refractivity contribution in [2.75, 3.05) is 38.0 Å². The van der Waals surface area contributed by atoms with E-state index in [1.54, 1.807) is 18.2 Å². The van der Waals surface area contributed by atoms with Crippen LogP contribution in [0.5, 0.6) is 0 Å². The fourth-order valence-corrected chi connectivity index (χ4v) is 4.00. The Balaban J connectivity index is 1.25. The Morgan fingerprint density at radius 3 is 2.35 bits per heavy atom.